The quantitative estimate of drug-likeness (QED) is 0.858. The van der Waals surface area contributed by atoms with Crippen LogP contribution in [0.25, 0.3) is 0 Å². The summed E-state index contributed by atoms with van der Waals surface area (Å²) in [5.41, 5.74) is 1.10. The highest BCUT2D eigenvalue weighted by molar-refractivity contribution is 5.90. The second kappa shape index (κ2) is 5.89. The fourth-order valence-corrected chi connectivity index (χ4v) is 2.67. The molecule has 6 heteroatoms. The van der Waals surface area contributed by atoms with Gasteiger partial charge in [-0.1, -0.05) is 6.92 Å². The van der Waals surface area contributed by atoms with E-state index in [4.69, 9.17) is 9.47 Å². The van der Waals surface area contributed by atoms with E-state index in [-0.39, 0.29) is 11.9 Å². The topological polar surface area (TPSA) is 42.0 Å². The monoisotopic (exact) mass is 294 g/mol. The lowest BCUT2D eigenvalue weighted by Gasteiger charge is -2.29. The first-order chi connectivity index (χ1) is 10.2. The van der Waals surface area contributed by atoms with Crippen LogP contribution in [0.15, 0.2) is 18.2 Å². The molecule has 114 valence electrons. The Kier molecular flexibility index (Phi) is 3.96. The van der Waals surface area contributed by atoms with Gasteiger partial charge in [0, 0.05) is 13.1 Å². The average Bonchev–Trinajstić information content (AvgIpc) is 2.89. The number of hydrogen-bond donors (Lipinski definition) is 0. The summed E-state index contributed by atoms with van der Waals surface area (Å²) in [6, 6.07) is 4.90. The summed E-state index contributed by atoms with van der Waals surface area (Å²) >= 11 is 0. The lowest BCUT2D eigenvalue weighted by Crippen LogP contribution is -2.36. The number of rotatable bonds is 3. The largest absolute Gasteiger partial charge is 0.444 e. The standard InChI is InChI=1S/C15H19FN2O3/c1-2-12-10-18(15(19)21-12)11-3-4-14(13(16)9-11)17-5-7-20-8-6-17/h3-4,9,12H,2,5-8,10H2,1H3/t12-/m1/s1. The average molecular weight is 294 g/mol. The number of benzene rings is 1. The van der Waals surface area contributed by atoms with Crippen molar-refractivity contribution >= 4 is 17.5 Å². The molecule has 0 bridgehead atoms. The van der Waals surface area contributed by atoms with Gasteiger partial charge in [0.2, 0.25) is 0 Å². The number of carbonyl (C=O) groups excluding carboxylic acids is 1. The molecule has 0 aliphatic carbocycles. The van der Waals surface area contributed by atoms with Crippen molar-refractivity contribution in [2.75, 3.05) is 42.6 Å². The highest BCUT2D eigenvalue weighted by atomic mass is 19.1. The van der Waals surface area contributed by atoms with E-state index < -0.39 is 6.09 Å². The number of carbonyl (C=O) groups is 1. The van der Waals surface area contributed by atoms with Gasteiger partial charge in [0.1, 0.15) is 11.9 Å². The van der Waals surface area contributed by atoms with Crippen LogP contribution in [0.4, 0.5) is 20.6 Å². The van der Waals surface area contributed by atoms with E-state index in [2.05, 4.69) is 0 Å². The molecule has 3 rings (SSSR count). The van der Waals surface area contributed by atoms with E-state index in [0.29, 0.717) is 44.2 Å². The minimum Gasteiger partial charge on any atom is -0.444 e. The van der Waals surface area contributed by atoms with E-state index in [9.17, 15) is 9.18 Å². The SMILES string of the molecule is CC[C@@H]1CN(c2ccc(N3CCOCC3)c(F)c2)C(=O)O1. The van der Waals surface area contributed by atoms with Crippen LogP contribution in [0, 0.1) is 5.82 Å². The Morgan fingerprint density at radius 3 is 2.71 bits per heavy atom. The fourth-order valence-electron chi connectivity index (χ4n) is 2.67. The highest BCUT2D eigenvalue weighted by Crippen LogP contribution is 2.28. The minimum absolute atomic E-state index is 0.112. The molecule has 5 nitrogen and oxygen atoms in total. The molecule has 1 aromatic rings. The summed E-state index contributed by atoms with van der Waals surface area (Å²) < 4.78 is 24.8. The van der Waals surface area contributed by atoms with Crippen molar-refractivity contribution in [3.63, 3.8) is 0 Å². The molecular formula is C15H19FN2O3. The summed E-state index contributed by atoms with van der Waals surface area (Å²) in [4.78, 5) is 15.2. The molecule has 2 aliphatic heterocycles. The number of cyclic esters (lactones) is 1. The van der Waals surface area contributed by atoms with Gasteiger partial charge in [0.05, 0.1) is 31.1 Å². The summed E-state index contributed by atoms with van der Waals surface area (Å²) in [6.45, 7) is 5.02. The lowest BCUT2D eigenvalue weighted by molar-refractivity contribution is 0.122. The Hall–Kier alpha value is -1.82. The second-order valence-electron chi connectivity index (χ2n) is 5.26. The molecule has 0 unspecified atom stereocenters. The number of morpholine rings is 1. The molecule has 1 aromatic carbocycles. The van der Waals surface area contributed by atoms with Gasteiger partial charge >= 0.3 is 6.09 Å². The van der Waals surface area contributed by atoms with Gasteiger partial charge in [-0.25, -0.2) is 9.18 Å². The van der Waals surface area contributed by atoms with E-state index in [1.807, 2.05) is 11.8 Å². The first kappa shape index (κ1) is 14.1. The third kappa shape index (κ3) is 2.81. The molecule has 2 aliphatic rings. The predicted molar refractivity (Wildman–Crippen MR) is 77.3 cm³/mol. The summed E-state index contributed by atoms with van der Waals surface area (Å²) in [6.07, 6.45) is 0.246. The Morgan fingerprint density at radius 1 is 1.33 bits per heavy atom. The third-order valence-electron chi connectivity index (χ3n) is 3.92. The molecule has 0 radical (unpaired) electrons. The minimum atomic E-state index is -0.402. The zero-order chi connectivity index (χ0) is 14.8. The normalized spacial score (nSPS) is 22.6. The predicted octanol–water partition coefficient (Wildman–Crippen LogP) is 2.40. The van der Waals surface area contributed by atoms with Crippen LogP contribution in [0.2, 0.25) is 0 Å². The Bertz CT molecular complexity index is 532. The zero-order valence-corrected chi connectivity index (χ0v) is 12.0. The van der Waals surface area contributed by atoms with Crippen LogP contribution in [-0.2, 0) is 9.47 Å². The molecule has 0 aromatic heterocycles. The molecular weight excluding hydrogens is 275 g/mol. The number of nitrogens with zero attached hydrogens (tertiary/aromatic N) is 2. The van der Waals surface area contributed by atoms with Crippen molar-refractivity contribution in [2.45, 2.75) is 19.4 Å². The first-order valence-electron chi connectivity index (χ1n) is 7.29. The van der Waals surface area contributed by atoms with Gasteiger partial charge in [-0.3, -0.25) is 4.90 Å². The zero-order valence-electron chi connectivity index (χ0n) is 12.0. The van der Waals surface area contributed by atoms with Gasteiger partial charge in [-0.15, -0.1) is 0 Å². The summed E-state index contributed by atoms with van der Waals surface area (Å²) in [5.74, 6) is -0.317. The molecule has 0 spiro atoms. The molecule has 0 N–H and O–H groups in total. The van der Waals surface area contributed by atoms with Crippen LogP contribution >= 0.6 is 0 Å². The number of hydrogen-bond acceptors (Lipinski definition) is 4. The molecule has 21 heavy (non-hydrogen) atoms. The van der Waals surface area contributed by atoms with Crippen LogP contribution in [0.3, 0.4) is 0 Å². The first-order valence-corrected chi connectivity index (χ1v) is 7.29. The van der Waals surface area contributed by atoms with E-state index in [1.165, 1.54) is 11.0 Å². The number of anilines is 2. The van der Waals surface area contributed by atoms with Crippen LogP contribution in [0.1, 0.15) is 13.3 Å². The molecule has 1 atom stereocenters. The molecule has 1 amide bonds. The Balaban J connectivity index is 1.79. The van der Waals surface area contributed by atoms with Crippen LogP contribution < -0.4 is 9.80 Å². The van der Waals surface area contributed by atoms with Gasteiger partial charge in [-0.2, -0.15) is 0 Å². The van der Waals surface area contributed by atoms with E-state index in [0.717, 1.165) is 6.42 Å². The molecule has 2 heterocycles. The number of ether oxygens (including phenoxy) is 2. The summed E-state index contributed by atoms with van der Waals surface area (Å²) in [7, 11) is 0. The van der Waals surface area contributed by atoms with E-state index in [1.54, 1.807) is 12.1 Å². The number of halogens is 1. The van der Waals surface area contributed by atoms with Crippen molar-refractivity contribution in [2.24, 2.45) is 0 Å². The van der Waals surface area contributed by atoms with Crippen molar-refractivity contribution < 1.29 is 18.7 Å². The van der Waals surface area contributed by atoms with E-state index >= 15 is 0 Å². The smallest absolute Gasteiger partial charge is 0.414 e. The molecule has 2 fully saturated rings. The Labute approximate surface area is 123 Å². The maximum absolute atomic E-state index is 14.3. The van der Waals surface area contributed by atoms with Gasteiger partial charge < -0.3 is 14.4 Å². The van der Waals surface area contributed by atoms with Crippen molar-refractivity contribution in [3.05, 3.63) is 24.0 Å². The molecule has 2 saturated heterocycles. The van der Waals surface area contributed by atoms with Gasteiger partial charge in [-0.05, 0) is 24.6 Å². The van der Waals surface area contributed by atoms with Gasteiger partial charge in [0.15, 0.2) is 0 Å². The summed E-state index contributed by atoms with van der Waals surface area (Å²) in [5, 5.41) is 0. The maximum Gasteiger partial charge on any atom is 0.414 e. The maximum atomic E-state index is 14.3. The van der Waals surface area contributed by atoms with Crippen LogP contribution in [-0.4, -0.2) is 45.0 Å². The second-order valence-corrected chi connectivity index (χ2v) is 5.26. The highest BCUT2D eigenvalue weighted by Gasteiger charge is 2.31. The Morgan fingerprint density at radius 2 is 2.10 bits per heavy atom. The van der Waals surface area contributed by atoms with Gasteiger partial charge in [0.25, 0.3) is 0 Å². The fraction of sp³-hybridized carbons (Fsp3) is 0.533. The lowest BCUT2D eigenvalue weighted by atomic mass is 10.2. The molecule has 0 saturated carbocycles. The van der Waals surface area contributed by atoms with Crippen molar-refractivity contribution in [3.8, 4) is 0 Å². The third-order valence-corrected chi connectivity index (χ3v) is 3.92. The van der Waals surface area contributed by atoms with Crippen LogP contribution in [0.5, 0.6) is 0 Å². The number of amides is 1. The van der Waals surface area contributed by atoms with Crippen molar-refractivity contribution in [1.82, 2.24) is 0 Å². The van der Waals surface area contributed by atoms with Crippen molar-refractivity contribution in [1.29, 1.82) is 0 Å².